The second-order valence-corrected chi connectivity index (χ2v) is 9.30. The molecule has 1 saturated carbocycles. The minimum absolute atomic E-state index is 0.0272. The van der Waals surface area contributed by atoms with Crippen molar-refractivity contribution in [2.45, 2.75) is 37.2 Å². The molecule has 4 rings (SSSR count). The molecule has 3 aromatic rings. The smallest absolute Gasteiger partial charge is 0.251 e. The molecule has 1 fully saturated rings. The number of halogens is 1. The maximum absolute atomic E-state index is 13.4. The average molecular weight is 456 g/mol. The number of ether oxygens (including phenoxy) is 1. The summed E-state index contributed by atoms with van der Waals surface area (Å²) in [4.78, 5) is 17.1. The number of rotatable bonds is 8. The maximum atomic E-state index is 13.4. The van der Waals surface area contributed by atoms with Crippen LogP contribution in [0, 0.1) is 12.7 Å². The third-order valence-corrected chi connectivity index (χ3v) is 6.48. The first-order chi connectivity index (χ1) is 15.3. The van der Waals surface area contributed by atoms with Gasteiger partial charge < -0.3 is 10.1 Å². The molecule has 0 unspecified atom stereocenters. The second kappa shape index (κ2) is 9.05. The van der Waals surface area contributed by atoms with Crippen LogP contribution in [0.5, 0.6) is 11.6 Å². The Kier molecular flexibility index (Phi) is 6.20. The molecule has 9 heteroatoms. The van der Waals surface area contributed by atoms with Crippen molar-refractivity contribution in [3.8, 4) is 11.6 Å². The largest absolute Gasteiger partial charge is 0.439 e. The fourth-order valence-electron chi connectivity index (χ4n) is 3.06. The van der Waals surface area contributed by atoms with Gasteiger partial charge in [0.05, 0.1) is 4.90 Å². The summed E-state index contributed by atoms with van der Waals surface area (Å²) in [5, 5.41) is 2.78. The lowest BCUT2D eigenvalue weighted by atomic mass is 10.1. The third-order valence-electron chi connectivity index (χ3n) is 4.96. The minimum Gasteiger partial charge on any atom is -0.439 e. The highest BCUT2D eigenvalue weighted by molar-refractivity contribution is 7.89. The zero-order chi connectivity index (χ0) is 22.7. The van der Waals surface area contributed by atoms with Gasteiger partial charge >= 0.3 is 0 Å². The monoisotopic (exact) mass is 455 g/mol. The number of hydrogen-bond acceptors (Lipinski definition) is 5. The lowest BCUT2D eigenvalue weighted by molar-refractivity contribution is 0.0950. The van der Waals surface area contributed by atoms with Gasteiger partial charge in [0.25, 0.3) is 5.91 Å². The van der Waals surface area contributed by atoms with E-state index in [1.54, 1.807) is 31.2 Å². The molecular weight excluding hydrogens is 433 g/mol. The molecule has 1 aliphatic carbocycles. The zero-order valence-corrected chi connectivity index (χ0v) is 18.2. The fraction of sp³-hybridized carbons (Fsp3) is 0.217. The van der Waals surface area contributed by atoms with E-state index >= 15 is 0 Å². The van der Waals surface area contributed by atoms with Gasteiger partial charge in [-0.2, -0.15) is 0 Å². The molecular formula is C23H22FN3O4S. The molecule has 7 nitrogen and oxygen atoms in total. The van der Waals surface area contributed by atoms with Crippen molar-refractivity contribution in [2.24, 2.45) is 0 Å². The van der Waals surface area contributed by atoms with Crippen LogP contribution in [0.15, 0.2) is 65.7 Å². The van der Waals surface area contributed by atoms with Crippen LogP contribution in [0.4, 0.5) is 4.39 Å². The number of carbonyl (C=O) groups excluding carboxylic acids is 1. The third kappa shape index (κ3) is 5.30. The highest BCUT2D eigenvalue weighted by atomic mass is 32.2. The molecule has 2 N–H and O–H groups in total. The van der Waals surface area contributed by atoms with Crippen molar-refractivity contribution in [3.05, 3.63) is 83.3 Å². The summed E-state index contributed by atoms with van der Waals surface area (Å²) in [6.07, 6.45) is 3.18. The van der Waals surface area contributed by atoms with Gasteiger partial charge in [-0.15, -0.1) is 0 Å². The standard InChI is InChI=1S/C23H22FN3O4S/c1-15-7-10-20(32(29,30)27-18-8-9-18)13-21(15)22(28)26-14-16-4-3-11-25-23(16)31-19-6-2-5-17(24)12-19/h2-7,10-13,18,27H,8-9,14H2,1H3,(H,26,28). The van der Waals surface area contributed by atoms with Crippen LogP contribution < -0.4 is 14.8 Å². The highest BCUT2D eigenvalue weighted by Crippen LogP contribution is 2.25. The van der Waals surface area contributed by atoms with Gasteiger partial charge in [0.1, 0.15) is 11.6 Å². The van der Waals surface area contributed by atoms with Crippen molar-refractivity contribution in [3.63, 3.8) is 0 Å². The predicted octanol–water partition coefficient (Wildman–Crippen LogP) is 3.69. The van der Waals surface area contributed by atoms with E-state index in [0.29, 0.717) is 11.1 Å². The Morgan fingerprint density at radius 1 is 1.16 bits per heavy atom. The van der Waals surface area contributed by atoms with Crippen LogP contribution in [0.2, 0.25) is 0 Å². The molecule has 32 heavy (non-hydrogen) atoms. The average Bonchev–Trinajstić information content (AvgIpc) is 3.56. The number of benzene rings is 2. The number of amides is 1. The number of carbonyl (C=O) groups is 1. The predicted molar refractivity (Wildman–Crippen MR) is 116 cm³/mol. The van der Waals surface area contributed by atoms with Crippen molar-refractivity contribution in [1.82, 2.24) is 15.0 Å². The van der Waals surface area contributed by atoms with Crippen LogP contribution in [0.3, 0.4) is 0 Å². The van der Waals surface area contributed by atoms with E-state index in [1.807, 2.05) is 0 Å². The molecule has 0 bridgehead atoms. The van der Waals surface area contributed by atoms with Crippen molar-refractivity contribution in [1.29, 1.82) is 0 Å². The van der Waals surface area contributed by atoms with Crippen LogP contribution in [0.25, 0.3) is 0 Å². The first-order valence-corrected chi connectivity index (χ1v) is 11.6. The topological polar surface area (TPSA) is 97.4 Å². The minimum atomic E-state index is -3.67. The number of nitrogens with one attached hydrogen (secondary N) is 2. The van der Waals surface area contributed by atoms with Crippen molar-refractivity contribution >= 4 is 15.9 Å². The van der Waals surface area contributed by atoms with Gasteiger partial charge in [-0.05, 0) is 55.7 Å². The molecule has 166 valence electrons. The van der Waals surface area contributed by atoms with E-state index in [2.05, 4.69) is 15.0 Å². The van der Waals surface area contributed by atoms with Gasteiger partial charge in [0.2, 0.25) is 15.9 Å². The lowest BCUT2D eigenvalue weighted by Gasteiger charge is -2.13. The molecule has 1 heterocycles. The van der Waals surface area contributed by atoms with E-state index < -0.39 is 21.7 Å². The van der Waals surface area contributed by atoms with Crippen LogP contribution in [0.1, 0.15) is 34.3 Å². The SMILES string of the molecule is Cc1ccc(S(=O)(=O)NC2CC2)cc1C(=O)NCc1cccnc1Oc1cccc(F)c1. The van der Waals surface area contributed by atoms with Crippen molar-refractivity contribution in [2.75, 3.05) is 0 Å². The molecule has 0 aliphatic heterocycles. The number of sulfonamides is 1. The maximum Gasteiger partial charge on any atom is 0.251 e. The summed E-state index contributed by atoms with van der Waals surface area (Å²) >= 11 is 0. The Morgan fingerprint density at radius 2 is 1.97 bits per heavy atom. The number of aromatic nitrogens is 1. The Morgan fingerprint density at radius 3 is 2.72 bits per heavy atom. The number of hydrogen-bond donors (Lipinski definition) is 2. The van der Waals surface area contributed by atoms with Gasteiger partial charge in [0.15, 0.2) is 0 Å². The normalized spacial score (nSPS) is 13.6. The van der Waals surface area contributed by atoms with Gasteiger partial charge in [-0.1, -0.05) is 18.2 Å². The summed E-state index contributed by atoms with van der Waals surface area (Å²) in [5.41, 5.74) is 1.50. The molecule has 1 aromatic heterocycles. The lowest BCUT2D eigenvalue weighted by Crippen LogP contribution is -2.27. The summed E-state index contributed by atoms with van der Waals surface area (Å²) in [5.74, 6) is -0.338. The number of nitrogens with zero attached hydrogens (tertiary/aromatic N) is 1. The summed E-state index contributed by atoms with van der Waals surface area (Å²) in [6, 6.07) is 13.6. The van der Waals surface area contributed by atoms with Crippen molar-refractivity contribution < 1.29 is 22.3 Å². The zero-order valence-electron chi connectivity index (χ0n) is 17.3. The highest BCUT2D eigenvalue weighted by Gasteiger charge is 2.28. The van der Waals surface area contributed by atoms with Crippen LogP contribution in [-0.4, -0.2) is 25.4 Å². The summed E-state index contributed by atoms with van der Waals surface area (Å²) in [7, 11) is -3.67. The Labute approximate surface area is 185 Å². The Bertz CT molecular complexity index is 1260. The summed E-state index contributed by atoms with van der Waals surface area (Å²) < 4.78 is 46.7. The molecule has 2 aromatic carbocycles. The molecule has 1 amide bonds. The Balaban J connectivity index is 1.49. The van der Waals surface area contributed by atoms with Gasteiger partial charge in [-0.3, -0.25) is 4.79 Å². The summed E-state index contributed by atoms with van der Waals surface area (Å²) in [6.45, 7) is 1.83. The second-order valence-electron chi connectivity index (χ2n) is 7.58. The molecule has 1 aliphatic rings. The van der Waals surface area contributed by atoms with Gasteiger partial charge in [0, 0.05) is 36.0 Å². The molecule has 0 radical (unpaired) electrons. The van der Waals surface area contributed by atoms with E-state index in [1.165, 1.54) is 36.5 Å². The van der Waals surface area contributed by atoms with E-state index in [9.17, 15) is 17.6 Å². The molecule has 0 atom stereocenters. The Hall–Kier alpha value is -3.30. The van der Waals surface area contributed by atoms with Gasteiger partial charge in [-0.25, -0.2) is 22.5 Å². The van der Waals surface area contributed by atoms with E-state index in [-0.39, 0.29) is 34.7 Å². The quantitative estimate of drug-likeness (QED) is 0.540. The van der Waals surface area contributed by atoms with E-state index in [0.717, 1.165) is 12.8 Å². The molecule has 0 spiro atoms. The first-order valence-electron chi connectivity index (χ1n) is 10.1. The fourth-order valence-corrected chi connectivity index (χ4v) is 4.40. The number of pyridine rings is 1. The van der Waals surface area contributed by atoms with Crippen LogP contribution >= 0.6 is 0 Å². The first kappa shape index (κ1) is 21.9. The van der Waals surface area contributed by atoms with E-state index in [4.69, 9.17) is 4.74 Å². The number of aryl methyl sites for hydroxylation is 1. The molecule has 0 saturated heterocycles. The van der Waals surface area contributed by atoms with Crippen LogP contribution in [-0.2, 0) is 16.6 Å².